The molecule has 2 aliphatic rings. The predicted molar refractivity (Wildman–Crippen MR) is 109 cm³/mol. The van der Waals surface area contributed by atoms with Gasteiger partial charge in [-0.1, -0.05) is 18.0 Å². The van der Waals surface area contributed by atoms with Gasteiger partial charge in [0.05, 0.1) is 19.2 Å². The van der Waals surface area contributed by atoms with Gasteiger partial charge >= 0.3 is 0 Å². The zero-order valence-corrected chi connectivity index (χ0v) is 16.5. The minimum atomic E-state index is -0.356. The number of anilines is 1. The van der Waals surface area contributed by atoms with Gasteiger partial charge in [0.2, 0.25) is 0 Å². The van der Waals surface area contributed by atoms with Crippen LogP contribution in [0.25, 0.3) is 0 Å². The van der Waals surface area contributed by atoms with E-state index in [1.807, 2.05) is 30.3 Å². The van der Waals surface area contributed by atoms with Gasteiger partial charge < -0.3 is 15.0 Å². The van der Waals surface area contributed by atoms with Crippen molar-refractivity contribution in [2.24, 2.45) is 0 Å². The zero-order chi connectivity index (χ0) is 19.7. The van der Waals surface area contributed by atoms with E-state index in [9.17, 15) is 9.59 Å². The zero-order valence-electron chi connectivity index (χ0n) is 15.8. The first-order valence-corrected chi connectivity index (χ1v) is 9.99. The number of benzene rings is 2. The highest BCUT2D eigenvalue weighted by Crippen LogP contribution is 2.41. The number of piperidine rings is 1. The van der Waals surface area contributed by atoms with Crippen LogP contribution in [0.1, 0.15) is 47.6 Å². The number of nitrogens with one attached hydrogen (secondary N) is 1. The Morgan fingerprint density at radius 3 is 2.68 bits per heavy atom. The Hall–Kier alpha value is -2.37. The smallest absolute Gasteiger partial charge is 0.259 e. The molecular formula is C22H23ClN2O3. The van der Waals surface area contributed by atoms with E-state index in [1.54, 1.807) is 24.1 Å². The van der Waals surface area contributed by atoms with Crippen molar-refractivity contribution in [3.05, 3.63) is 58.6 Å². The first-order valence-electron chi connectivity index (χ1n) is 9.61. The molecule has 0 aromatic heterocycles. The summed E-state index contributed by atoms with van der Waals surface area (Å²) >= 11 is 6.21. The van der Waals surface area contributed by atoms with Gasteiger partial charge in [0, 0.05) is 22.7 Å². The highest BCUT2D eigenvalue weighted by Gasteiger charge is 2.40. The Labute approximate surface area is 169 Å². The number of hydrogen-bond donors (Lipinski definition) is 1. The van der Waals surface area contributed by atoms with Crippen molar-refractivity contribution in [1.29, 1.82) is 0 Å². The molecule has 1 fully saturated rings. The summed E-state index contributed by atoms with van der Waals surface area (Å²) in [5.74, 6) is 0.755. The standard InChI is InChI=1S/C22H23ClN2O3/c1-28-16-8-6-15(7-9-16)25-20(13-21(26)19-4-2-3-11-24-19)18-12-14(23)5-10-17(18)22(25)27/h5-10,12,19-20,24H,2-4,11,13H2,1H3. The molecule has 0 bridgehead atoms. The Kier molecular flexibility index (Phi) is 5.38. The lowest BCUT2D eigenvalue weighted by molar-refractivity contribution is -0.121. The summed E-state index contributed by atoms with van der Waals surface area (Å²) in [6.45, 7) is 0.866. The number of halogens is 1. The van der Waals surface area contributed by atoms with Crippen molar-refractivity contribution < 1.29 is 14.3 Å². The molecule has 1 N–H and O–H groups in total. The van der Waals surface area contributed by atoms with Gasteiger partial charge in [-0.3, -0.25) is 9.59 Å². The van der Waals surface area contributed by atoms with Gasteiger partial charge in [-0.2, -0.15) is 0 Å². The van der Waals surface area contributed by atoms with E-state index in [0.29, 0.717) is 10.6 Å². The van der Waals surface area contributed by atoms with E-state index < -0.39 is 0 Å². The maximum atomic E-state index is 13.2. The third-order valence-electron chi connectivity index (χ3n) is 5.58. The van der Waals surface area contributed by atoms with Crippen LogP contribution in [0.5, 0.6) is 5.75 Å². The molecule has 1 amide bonds. The summed E-state index contributed by atoms with van der Waals surface area (Å²) in [5, 5.41) is 3.88. The maximum Gasteiger partial charge on any atom is 0.259 e. The van der Waals surface area contributed by atoms with Gasteiger partial charge in [-0.05, 0) is 67.4 Å². The maximum absolute atomic E-state index is 13.2. The Morgan fingerprint density at radius 2 is 2.00 bits per heavy atom. The van der Waals surface area contributed by atoms with Crippen LogP contribution in [0.3, 0.4) is 0 Å². The molecular weight excluding hydrogens is 376 g/mol. The fourth-order valence-corrected chi connectivity index (χ4v) is 4.30. The number of hydrogen-bond acceptors (Lipinski definition) is 4. The van der Waals surface area contributed by atoms with Crippen LogP contribution in [-0.4, -0.2) is 31.4 Å². The molecule has 0 radical (unpaired) electrons. The predicted octanol–water partition coefficient (Wildman–Crippen LogP) is 4.15. The van der Waals surface area contributed by atoms with Crippen molar-refractivity contribution >= 4 is 29.0 Å². The monoisotopic (exact) mass is 398 g/mol. The third kappa shape index (κ3) is 3.52. The molecule has 6 heteroatoms. The number of ether oxygens (including phenoxy) is 1. The van der Waals surface area contributed by atoms with Crippen LogP contribution in [0.15, 0.2) is 42.5 Å². The minimum Gasteiger partial charge on any atom is -0.497 e. The van der Waals surface area contributed by atoms with Crippen LogP contribution < -0.4 is 15.0 Å². The van der Waals surface area contributed by atoms with Crippen molar-refractivity contribution in [3.8, 4) is 5.75 Å². The molecule has 0 aliphatic carbocycles. The Morgan fingerprint density at radius 1 is 1.21 bits per heavy atom. The van der Waals surface area contributed by atoms with Gasteiger partial charge in [0.1, 0.15) is 5.75 Å². The van der Waals surface area contributed by atoms with Crippen molar-refractivity contribution in [2.75, 3.05) is 18.6 Å². The lowest BCUT2D eigenvalue weighted by Crippen LogP contribution is -2.42. The summed E-state index contributed by atoms with van der Waals surface area (Å²) in [6.07, 6.45) is 3.27. The number of amides is 1. The van der Waals surface area contributed by atoms with Crippen LogP contribution in [0.4, 0.5) is 5.69 Å². The molecule has 2 aromatic rings. The summed E-state index contributed by atoms with van der Waals surface area (Å²) < 4.78 is 5.22. The van der Waals surface area contributed by atoms with E-state index in [4.69, 9.17) is 16.3 Å². The number of ketones is 1. The minimum absolute atomic E-state index is 0.105. The van der Waals surface area contributed by atoms with E-state index in [-0.39, 0.29) is 30.2 Å². The second-order valence-corrected chi connectivity index (χ2v) is 7.73. The normalized spacial score (nSPS) is 21.5. The summed E-state index contributed by atoms with van der Waals surface area (Å²) in [5.41, 5.74) is 2.17. The average Bonchev–Trinajstić information content (AvgIpc) is 2.99. The van der Waals surface area contributed by atoms with Crippen molar-refractivity contribution in [2.45, 2.75) is 37.8 Å². The lowest BCUT2D eigenvalue weighted by Gasteiger charge is -2.28. The van der Waals surface area contributed by atoms with Gasteiger partial charge in [-0.25, -0.2) is 0 Å². The second kappa shape index (κ2) is 7.94. The number of fused-ring (bicyclic) bond motifs is 1. The number of nitrogens with zero attached hydrogens (tertiary/aromatic N) is 1. The van der Waals surface area contributed by atoms with E-state index >= 15 is 0 Å². The van der Waals surface area contributed by atoms with Crippen LogP contribution in [0, 0.1) is 0 Å². The molecule has 2 heterocycles. The molecule has 0 spiro atoms. The van der Waals surface area contributed by atoms with E-state index in [1.165, 1.54) is 0 Å². The fraction of sp³-hybridized carbons (Fsp3) is 0.364. The van der Waals surface area contributed by atoms with Crippen LogP contribution in [0.2, 0.25) is 5.02 Å². The average molecular weight is 399 g/mol. The van der Waals surface area contributed by atoms with Crippen molar-refractivity contribution in [3.63, 3.8) is 0 Å². The summed E-state index contributed by atoms with van der Waals surface area (Å²) in [4.78, 5) is 27.8. The largest absolute Gasteiger partial charge is 0.497 e. The highest BCUT2D eigenvalue weighted by molar-refractivity contribution is 6.31. The Balaban J connectivity index is 1.68. The molecule has 4 rings (SSSR count). The molecule has 2 unspecified atom stereocenters. The number of carbonyl (C=O) groups is 2. The van der Waals surface area contributed by atoms with Crippen LogP contribution in [-0.2, 0) is 4.79 Å². The molecule has 2 aromatic carbocycles. The molecule has 5 nitrogen and oxygen atoms in total. The number of methoxy groups -OCH3 is 1. The third-order valence-corrected chi connectivity index (χ3v) is 5.81. The van der Waals surface area contributed by atoms with E-state index in [2.05, 4.69) is 5.32 Å². The topological polar surface area (TPSA) is 58.6 Å². The molecule has 2 aliphatic heterocycles. The number of rotatable bonds is 5. The van der Waals surface area contributed by atoms with Gasteiger partial charge in [0.15, 0.2) is 5.78 Å². The second-order valence-electron chi connectivity index (χ2n) is 7.29. The summed E-state index contributed by atoms with van der Waals surface area (Å²) in [6, 6.07) is 12.1. The number of carbonyl (C=O) groups excluding carboxylic acids is 2. The summed E-state index contributed by atoms with van der Waals surface area (Å²) in [7, 11) is 1.60. The van der Waals surface area contributed by atoms with E-state index in [0.717, 1.165) is 42.8 Å². The molecule has 146 valence electrons. The Bertz CT molecular complexity index is 891. The molecule has 0 saturated carbocycles. The number of Topliss-reactive ketones (excluding diaryl/α,β-unsaturated/α-hetero) is 1. The van der Waals surface area contributed by atoms with Crippen LogP contribution >= 0.6 is 11.6 Å². The molecule has 28 heavy (non-hydrogen) atoms. The van der Waals surface area contributed by atoms with Gasteiger partial charge in [0.25, 0.3) is 5.91 Å². The first kappa shape index (κ1) is 19.0. The fourth-order valence-electron chi connectivity index (χ4n) is 4.12. The first-order chi connectivity index (χ1) is 13.6. The highest BCUT2D eigenvalue weighted by atomic mass is 35.5. The SMILES string of the molecule is COc1ccc(N2C(=O)c3ccc(Cl)cc3C2CC(=O)C2CCCCN2)cc1. The molecule has 2 atom stereocenters. The van der Waals surface area contributed by atoms with Crippen molar-refractivity contribution in [1.82, 2.24) is 5.32 Å². The lowest BCUT2D eigenvalue weighted by atomic mass is 9.93. The quantitative estimate of drug-likeness (QED) is 0.821. The van der Waals surface area contributed by atoms with Gasteiger partial charge in [-0.15, -0.1) is 0 Å². The molecule has 1 saturated heterocycles.